The van der Waals surface area contributed by atoms with E-state index in [4.69, 9.17) is 15.2 Å². The molecule has 2 aromatic rings. The van der Waals surface area contributed by atoms with Crippen LogP contribution < -0.4 is 20.5 Å². The Labute approximate surface area is 130 Å². The second kappa shape index (κ2) is 7.36. The number of para-hydroxylation sites is 1. The van der Waals surface area contributed by atoms with Gasteiger partial charge in [-0.15, -0.1) is 0 Å². The number of carbonyl (C=O) groups is 1. The van der Waals surface area contributed by atoms with Crippen LogP contribution in [-0.4, -0.2) is 19.6 Å². The molecule has 116 valence electrons. The second-order valence-electron chi connectivity index (χ2n) is 4.91. The van der Waals surface area contributed by atoms with Crippen molar-refractivity contribution in [3.05, 3.63) is 53.6 Å². The Morgan fingerprint density at radius 2 is 1.95 bits per heavy atom. The third-order valence-corrected chi connectivity index (χ3v) is 3.23. The van der Waals surface area contributed by atoms with Gasteiger partial charge in [0, 0.05) is 12.2 Å². The third kappa shape index (κ3) is 4.15. The van der Waals surface area contributed by atoms with Crippen LogP contribution in [0.4, 0.5) is 5.69 Å². The molecular weight excluding hydrogens is 280 g/mol. The smallest absolute Gasteiger partial charge is 0.255 e. The summed E-state index contributed by atoms with van der Waals surface area (Å²) in [6, 6.07) is 13.7. The normalized spacial score (nSPS) is 10.1. The molecule has 0 aliphatic carbocycles. The number of anilines is 1. The number of ether oxygens (including phenoxy) is 2. The maximum Gasteiger partial charge on any atom is 0.255 e. The van der Waals surface area contributed by atoms with Crippen LogP contribution >= 0.6 is 0 Å². The van der Waals surface area contributed by atoms with Crippen LogP contribution in [0, 0.1) is 6.92 Å². The van der Waals surface area contributed by atoms with Gasteiger partial charge in [-0.1, -0.05) is 24.3 Å². The summed E-state index contributed by atoms with van der Waals surface area (Å²) < 4.78 is 10.6. The number of nitrogens with two attached hydrogens (primary N) is 1. The van der Waals surface area contributed by atoms with E-state index >= 15 is 0 Å². The molecule has 1 amide bonds. The number of rotatable bonds is 7. The number of hydrogen-bond donors (Lipinski definition) is 2. The van der Waals surface area contributed by atoms with Crippen LogP contribution in [0.5, 0.6) is 11.5 Å². The van der Waals surface area contributed by atoms with Crippen molar-refractivity contribution in [1.29, 1.82) is 0 Å². The quantitative estimate of drug-likeness (QED) is 0.824. The summed E-state index contributed by atoms with van der Waals surface area (Å²) >= 11 is 0. The minimum Gasteiger partial charge on any atom is -0.493 e. The van der Waals surface area contributed by atoms with Crippen molar-refractivity contribution < 1.29 is 14.3 Å². The highest BCUT2D eigenvalue weighted by Crippen LogP contribution is 2.28. The highest BCUT2D eigenvalue weighted by molar-refractivity contribution is 5.75. The van der Waals surface area contributed by atoms with E-state index in [9.17, 15) is 4.79 Å². The summed E-state index contributed by atoms with van der Waals surface area (Å²) in [4.78, 5) is 10.8. The number of aryl methyl sites for hydroxylation is 1. The van der Waals surface area contributed by atoms with Crippen molar-refractivity contribution in [1.82, 2.24) is 0 Å². The molecule has 0 aromatic heterocycles. The van der Waals surface area contributed by atoms with Crippen molar-refractivity contribution in [2.24, 2.45) is 5.73 Å². The molecule has 0 saturated carbocycles. The van der Waals surface area contributed by atoms with Crippen molar-refractivity contribution >= 4 is 11.6 Å². The lowest BCUT2D eigenvalue weighted by atomic mass is 10.1. The van der Waals surface area contributed by atoms with E-state index in [2.05, 4.69) is 18.3 Å². The van der Waals surface area contributed by atoms with E-state index in [1.165, 1.54) is 5.56 Å². The van der Waals surface area contributed by atoms with Gasteiger partial charge >= 0.3 is 0 Å². The van der Waals surface area contributed by atoms with E-state index < -0.39 is 5.91 Å². The predicted molar refractivity (Wildman–Crippen MR) is 86.2 cm³/mol. The van der Waals surface area contributed by atoms with Gasteiger partial charge in [0.15, 0.2) is 18.1 Å². The zero-order chi connectivity index (χ0) is 15.9. The summed E-state index contributed by atoms with van der Waals surface area (Å²) in [5, 5.41) is 3.38. The molecular formula is C17H20N2O3. The van der Waals surface area contributed by atoms with Crippen LogP contribution in [-0.2, 0) is 11.3 Å². The van der Waals surface area contributed by atoms with Gasteiger partial charge in [-0.05, 0) is 36.2 Å². The van der Waals surface area contributed by atoms with Crippen molar-refractivity contribution in [3.63, 3.8) is 0 Å². The van der Waals surface area contributed by atoms with Gasteiger partial charge in [-0.3, -0.25) is 4.79 Å². The van der Waals surface area contributed by atoms with Crippen molar-refractivity contribution in [2.45, 2.75) is 13.5 Å². The average molecular weight is 300 g/mol. The number of carbonyl (C=O) groups excluding carboxylic acids is 1. The molecule has 0 unspecified atom stereocenters. The van der Waals surface area contributed by atoms with Crippen molar-refractivity contribution in [3.8, 4) is 11.5 Å². The first-order valence-electron chi connectivity index (χ1n) is 6.97. The lowest BCUT2D eigenvalue weighted by Crippen LogP contribution is -2.20. The van der Waals surface area contributed by atoms with Gasteiger partial charge in [0.1, 0.15) is 0 Å². The Morgan fingerprint density at radius 3 is 2.64 bits per heavy atom. The third-order valence-electron chi connectivity index (χ3n) is 3.23. The Hall–Kier alpha value is -2.69. The second-order valence-corrected chi connectivity index (χ2v) is 4.91. The first kappa shape index (κ1) is 15.7. The molecule has 0 heterocycles. The van der Waals surface area contributed by atoms with E-state index in [1.54, 1.807) is 13.2 Å². The van der Waals surface area contributed by atoms with Gasteiger partial charge in [-0.2, -0.15) is 0 Å². The molecule has 0 aliphatic heterocycles. The number of primary amides is 1. The lowest BCUT2D eigenvalue weighted by Gasteiger charge is -2.13. The Bertz CT molecular complexity index is 656. The molecule has 0 aliphatic rings. The highest BCUT2D eigenvalue weighted by Gasteiger charge is 2.07. The largest absolute Gasteiger partial charge is 0.493 e. The van der Waals surface area contributed by atoms with E-state index in [0.29, 0.717) is 18.0 Å². The minimum absolute atomic E-state index is 0.169. The number of hydrogen-bond acceptors (Lipinski definition) is 4. The fourth-order valence-electron chi connectivity index (χ4n) is 2.06. The number of amides is 1. The van der Waals surface area contributed by atoms with Crippen LogP contribution in [0.2, 0.25) is 0 Å². The molecule has 0 saturated heterocycles. The Balaban J connectivity index is 2.06. The molecule has 3 N–H and O–H groups in total. The molecule has 0 fully saturated rings. The molecule has 2 aromatic carbocycles. The first-order valence-corrected chi connectivity index (χ1v) is 6.97. The summed E-state index contributed by atoms with van der Waals surface area (Å²) in [6.45, 7) is 2.55. The molecule has 2 rings (SSSR count). The average Bonchev–Trinajstić information content (AvgIpc) is 2.52. The Morgan fingerprint density at radius 1 is 1.18 bits per heavy atom. The van der Waals surface area contributed by atoms with Gasteiger partial charge in [0.05, 0.1) is 7.11 Å². The fourth-order valence-corrected chi connectivity index (χ4v) is 2.06. The molecule has 0 atom stereocenters. The molecule has 0 bridgehead atoms. The van der Waals surface area contributed by atoms with Crippen molar-refractivity contribution in [2.75, 3.05) is 19.0 Å². The highest BCUT2D eigenvalue weighted by atomic mass is 16.5. The van der Waals surface area contributed by atoms with Gasteiger partial charge in [-0.25, -0.2) is 0 Å². The van der Waals surface area contributed by atoms with Gasteiger partial charge < -0.3 is 20.5 Å². The van der Waals surface area contributed by atoms with E-state index in [1.807, 2.05) is 30.3 Å². The summed E-state index contributed by atoms with van der Waals surface area (Å²) in [5.41, 5.74) is 8.40. The topological polar surface area (TPSA) is 73.6 Å². The van der Waals surface area contributed by atoms with Gasteiger partial charge in [0.2, 0.25) is 0 Å². The lowest BCUT2D eigenvalue weighted by molar-refractivity contribution is -0.119. The SMILES string of the molecule is COc1cc(CNc2ccccc2C)ccc1OCC(N)=O. The summed E-state index contributed by atoms with van der Waals surface area (Å²) in [6.07, 6.45) is 0. The zero-order valence-electron chi connectivity index (χ0n) is 12.8. The zero-order valence-corrected chi connectivity index (χ0v) is 12.8. The molecule has 0 radical (unpaired) electrons. The number of nitrogens with one attached hydrogen (secondary N) is 1. The van der Waals surface area contributed by atoms with Crippen LogP contribution in [0.3, 0.4) is 0 Å². The molecule has 22 heavy (non-hydrogen) atoms. The molecule has 0 spiro atoms. The number of methoxy groups -OCH3 is 1. The first-order chi connectivity index (χ1) is 10.6. The maximum absolute atomic E-state index is 10.8. The summed E-state index contributed by atoms with van der Waals surface area (Å²) in [7, 11) is 1.56. The van der Waals surface area contributed by atoms with Crippen LogP contribution in [0.1, 0.15) is 11.1 Å². The van der Waals surface area contributed by atoms with E-state index in [-0.39, 0.29) is 6.61 Å². The monoisotopic (exact) mass is 300 g/mol. The molecule has 5 nitrogen and oxygen atoms in total. The molecule has 5 heteroatoms. The van der Waals surface area contributed by atoms with Crippen LogP contribution in [0.25, 0.3) is 0 Å². The van der Waals surface area contributed by atoms with E-state index in [0.717, 1.165) is 11.3 Å². The number of benzene rings is 2. The summed E-state index contributed by atoms with van der Waals surface area (Å²) in [5.74, 6) is 0.554. The standard InChI is InChI=1S/C17H20N2O3/c1-12-5-3-4-6-14(12)19-10-13-7-8-15(16(9-13)21-2)22-11-17(18)20/h3-9,19H,10-11H2,1-2H3,(H2,18,20). The Kier molecular flexibility index (Phi) is 5.25. The van der Waals surface area contributed by atoms with Gasteiger partial charge in [0.25, 0.3) is 5.91 Å². The predicted octanol–water partition coefficient (Wildman–Crippen LogP) is 2.48. The fraction of sp³-hybridized carbons (Fsp3) is 0.235. The minimum atomic E-state index is -0.521. The maximum atomic E-state index is 10.8. The van der Waals surface area contributed by atoms with Crippen LogP contribution in [0.15, 0.2) is 42.5 Å².